The lowest BCUT2D eigenvalue weighted by molar-refractivity contribution is 0.0390. The van der Waals surface area contributed by atoms with Crippen LogP contribution in [0.25, 0.3) is 0 Å². The minimum Gasteiger partial charge on any atom is -0.378 e. The highest BCUT2D eigenvalue weighted by atomic mass is 79.9. The first-order chi connectivity index (χ1) is 9.79. The average molecular weight is 415 g/mol. The van der Waals surface area contributed by atoms with Crippen molar-refractivity contribution in [1.29, 1.82) is 0 Å². The van der Waals surface area contributed by atoms with Crippen LogP contribution in [0.4, 0.5) is 0 Å². The van der Waals surface area contributed by atoms with E-state index in [9.17, 15) is 8.42 Å². The number of halogens is 2. The Morgan fingerprint density at radius 1 is 1.67 bits per heavy atom. The Kier molecular flexibility index (Phi) is 3.77. The Morgan fingerprint density at radius 2 is 2.38 bits per heavy atom. The van der Waals surface area contributed by atoms with E-state index in [0.717, 1.165) is 8.09 Å². The molecule has 3 heterocycles. The van der Waals surface area contributed by atoms with Gasteiger partial charge in [0.1, 0.15) is 10.8 Å². The maximum atomic E-state index is 12.7. The normalized spacial score (nSPS) is 31.7. The van der Waals surface area contributed by atoms with Crippen LogP contribution >= 0.6 is 38.9 Å². The smallest absolute Gasteiger partial charge is 0.243 e. The molecule has 2 aliphatic heterocycles. The fraction of sp³-hybridized carbons (Fsp3) is 0.545. The van der Waals surface area contributed by atoms with Gasteiger partial charge in [-0.1, -0.05) is 11.6 Å². The van der Waals surface area contributed by atoms with E-state index in [1.807, 2.05) is 0 Å². The minimum atomic E-state index is -3.60. The summed E-state index contributed by atoms with van der Waals surface area (Å²) in [5.74, 6) is -0.0441. The van der Waals surface area contributed by atoms with Crippen LogP contribution in [-0.4, -0.2) is 44.2 Å². The fourth-order valence-electron chi connectivity index (χ4n) is 2.74. The first-order valence-electron chi connectivity index (χ1n) is 6.15. The summed E-state index contributed by atoms with van der Waals surface area (Å²) in [5, 5.41) is -0.252. The number of nitrogens with zero attached hydrogens (tertiary/aromatic N) is 2. The molecule has 0 spiro atoms. The highest BCUT2D eigenvalue weighted by Crippen LogP contribution is 2.48. The number of ether oxygens (including phenoxy) is 1. The summed E-state index contributed by atoms with van der Waals surface area (Å²) in [6, 6.07) is 1.73. The predicted octanol–water partition coefficient (Wildman–Crippen LogP) is 1.74. The van der Waals surface area contributed by atoms with Crippen molar-refractivity contribution in [3.8, 4) is 0 Å². The number of sulfonamides is 1. The van der Waals surface area contributed by atoms with Crippen LogP contribution in [0.1, 0.15) is 11.3 Å². The molecule has 1 aromatic rings. The Bertz CT molecular complexity index is 720. The van der Waals surface area contributed by atoms with Crippen LogP contribution in [0.2, 0.25) is 5.02 Å². The highest BCUT2D eigenvalue weighted by Gasteiger charge is 2.56. The molecule has 0 aliphatic carbocycles. The number of hydrogen-bond donors (Lipinski definition) is 1. The molecule has 6 nitrogen and oxygen atoms in total. The van der Waals surface area contributed by atoms with E-state index in [0.29, 0.717) is 22.9 Å². The summed E-state index contributed by atoms with van der Waals surface area (Å²) in [4.78, 5) is 5.15. The number of fused-ring (bicyclic) bond motifs is 1. The van der Waals surface area contributed by atoms with Crippen LogP contribution < -0.4 is 5.73 Å². The predicted molar refractivity (Wildman–Crippen MR) is 86.2 cm³/mol. The summed E-state index contributed by atoms with van der Waals surface area (Å²) in [7, 11) is -2.18. The van der Waals surface area contributed by atoms with Gasteiger partial charge in [-0.2, -0.15) is 0 Å². The van der Waals surface area contributed by atoms with Crippen LogP contribution in [0.3, 0.4) is 0 Å². The number of guanidine groups is 1. The van der Waals surface area contributed by atoms with Crippen LogP contribution in [0.15, 0.2) is 14.8 Å². The van der Waals surface area contributed by atoms with E-state index in [-0.39, 0.29) is 12.6 Å². The van der Waals surface area contributed by atoms with Gasteiger partial charge in [-0.25, -0.2) is 17.7 Å². The Balaban J connectivity index is 2.28. The molecule has 0 radical (unpaired) electrons. The molecule has 0 saturated carbocycles. The van der Waals surface area contributed by atoms with Gasteiger partial charge in [0.15, 0.2) is 0 Å². The van der Waals surface area contributed by atoms with Gasteiger partial charge in [0.05, 0.1) is 20.3 Å². The van der Waals surface area contributed by atoms with Crippen molar-refractivity contribution < 1.29 is 13.2 Å². The molecule has 2 unspecified atom stereocenters. The summed E-state index contributed by atoms with van der Waals surface area (Å²) >= 11 is 11.0. The topological polar surface area (TPSA) is 85.0 Å². The number of thiophene rings is 1. The second-order valence-corrected chi connectivity index (χ2v) is 9.95. The third-order valence-electron chi connectivity index (χ3n) is 3.81. The maximum Gasteiger partial charge on any atom is 0.243 e. The third kappa shape index (κ3) is 2.21. The molecule has 0 amide bonds. The lowest BCUT2D eigenvalue weighted by Crippen LogP contribution is -2.60. The van der Waals surface area contributed by atoms with E-state index in [4.69, 9.17) is 22.1 Å². The average Bonchev–Trinajstić information content (AvgIpc) is 2.76. The van der Waals surface area contributed by atoms with Gasteiger partial charge in [0.2, 0.25) is 16.0 Å². The Labute approximate surface area is 140 Å². The zero-order valence-corrected chi connectivity index (χ0v) is 15.0. The number of aliphatic imine (C=N–C) groups is 1. The van der Waals surface area contributed by atoms with E-state index >= 15 is 0 Å². The van der Waals surface area contributed by atoms with Crippen LogP contribution in [0, 0.1) is 0 Å². The van der Waals surface area contributed by atoms with Crippen molar-refractivity contribution in [3.63, 3.8) is 0 Å². The molecule has 2 N–H and O–H groups in total. The number of rotatable bonds is 1. The van der Waals surface area contributed by atoms with Crippen molar-refractivity contribution >= 4 is 54.9 Å². The first-order valence-corrected chi connectivity index (χ1v) is 9.64. The second-order valence-electron chi connectivity index (χ2n) is 4.96. The van der Waals surface area contributed by atoms with Crippen molar-refractivity contribution in [3.05, 3.63) is 19.8 Å². The lowest BCUT2D eigenvalue weighted by Gasteiger charge is -2.45. The number of nitrogens with two attached hydrogens (primary N) is 1. The molecule has 0 bridgehead atoms. The quantitative estimate of drug-likeness (QED) is 0.758. The van der Waals surface area contributed by atoms with E-state index in [1.54, 1.807) is 6.07 Å². The first kappa shape index (κ1) is 15.5. The van der Waals surface area contributed by atoms with E-state index < -0.39 is 20.8 Å². The largest absolute Gasteiger partial charge is 0.378 e. The maximum absolute atomic E-state index is 12.7. The summed E-state index contributed by atoms with van der Waals surface area (Å²) in [5.41, 5.74) is 4.76. The van der Waals surface area contributed by atoms with E-state index in [1.165, 1.54) is 18.4 Å². The van der Waals surface area contributed by atoms with Crippen LogP contribution in [0.5, 0.6) is 0 Å². The van der Waals surface area contributed by atoms with Crippen LogP contribution in [-0.2, 0) is 20.3 Å². The molecule has 3 rings (SSSR count). The molecule has 21 heavy (non-hydrogen) atoms. The summed E-state index contributed by atoms with van der Waals surface area (Å²) in [6.07, 6.45) is 0.356. The molecule has 0 aromatic carbocycles. The molecule has 2 aliphatic rings. The van der Waals surface area contributed by atoms with Gasteiger partial charge >= 0.3 is 0 Å². The van der Waals surface area contributed by atoms with Gasteiger partial charge in [0.25, 0.3) is 0 Å². The van der Waals surface area contributed by atoms with Crippen molar-refractivity contribution in [2.24, 2.45) is 10.7 Å². The molecule has 1 aromatic heterocycles. The van der Waals surface area contributed by atoms with E-state index in [2.05, 4.69) is 20.9 Å². The highest BCUT2D eigenvalue weighted by molar-refractivity contribution is 9.11. The Hall–Kier alpha value is -0.350. The van der Waals surface area contributed by atoms with Gasteiger partial charge in [0, 0.05) is 13.7 Å². The zero-order chi connectivity index (χ0) is 15.4. The summed E-state index contributed by atoms with van der Waals surface area (Å²) in [6.45, 7) is 0.525. The molecule has 10 heteroatoms. The molecule has 1 saturated heterocycles. The number of hydrogen-bond acceptors (Lipinski definition) is 6. The molecule has 2 atom stereocenters. The van der Waals surface area contributed by atoms with Gasteiger partial charge in [-0.15, -0.1) is 11.3 Å². The lowest BCUT2D eigenvalue weighted by atomic mass is 9.90. The van der Waals surface area contributed by atoms with Gasteiger partial charge < -0.3 is 10.5 Å². The van der Waals surface area contributed by atoms with Crippen molar-refractivity contribution in [2.45, 2.75) is 17.2 Å². The summed E-state index contributed by atoms with van der Waals surface area (Å²) < 4.78 is 32.8. The monoisotopic (exact) mass is 413 g/mol. The molecule has 116 valence electrons. The van der Waals surface area contributed by atoms with Crippen molar-refractivity contribution in [2.75, 3.05) is 20.3 Å². The third-order valence-corrected chi connectivity index (χ3v) is 8.32. The molecular weight excluding hydrogens is 402 g/mol. The second kappa shape index (κ2) is 5.09. The fourth-order valence-corrected chi connectivity index (χ4v) is 6.88. The van der Waals surface area contributed by atoms with Gasteiger partial charge in [-0.05, 0) is 28.4 Å². The van der Waals surface area contributed by atoms with Crippen molar-refractivity contribution in [1.82, 2.24) is 4.31 Å². The Morgan fingerprint density at radius 3 is 3.00 bits per heavy atom. The standard InChI is InChI=1S/C11H13BrClN3O3S2/c1-16-10(14)15-11(9-6(13)4-8(12)20-9)5-19-3-2-7(11)21(16,17)18/h4,7H,2-3,5H2,1H3,(H2,14,15). The SMILES string of the molecule is CN1C(N)=NC2(c3sc(Br)cc3Cl)COCCC2S1(=O)=O. The zero-order valence-electron chi connectivity index (χ0n) is 11.0. The minimum absolute atomic E-state index is 0.0441. The molecular formula is C11H13BrClN3O3S2. The molecule has 1 fully saturated rings. The van der Waals surface area contributed by atoms with Gasteiger partial charge in [-0.3, -0.25) is 0 Å².